The second kappa shape index (κ2) is 4.40. The summed E-state index contributed by atoms with van der Waals surface area (Å²) in [5, 5.41) is 15.3. The predicted molar refractivity (Wildman–Crippen MR) is 55.3 cm³/mol. The molecule has 0 unspecified atom stereocenters. The highest BCUT2D eigenvalue weighted by Crippen LogP contribution is 2.06. The third-order valence-electron chi connectivity index (χ3n) is 1.88. The Kier molecular flexibility index (Phi) is 2.78. The summed E-state index contributed by atoms with van der Waals surface area (Å²) in [6.45, 7) is 2.25. The van der Waals surface area contributed by atoms with Crippen molar-refractivity contribution in [2.24, 2.45) is 0 Å². The Morgan fingerprint density at radius 1 is 1.50 bits per heavy atom. The lowest BCUT2D eigenvalue weighted by Gasteiger charge is -2.03. The summed E-state index contributed by atoms with van der Waals surface area (Å²) in [4.78, 5) is 8.15. The summed E-state index contributed by atoms with van der Waals surface area (Å²) in [5.74, 6) is 1.09. The highest BCUT2D eigenvalue weighted by Gasteiger charge is 2.02. The van der Waals surface area contributed by atoms with Gasteiger partial charge >= 0.3 is 0 Å². The highest BCUT2D eigenvalue weighted by atomic mass is 16.5. The van der Waals surface area contributed by atoms with Crippen LogP contribution in [-0.2, 0) is 6.54 Å². The quantitative estimate of drug-likeness (QED) is 0.829. The zero-order chi connectivity index (χ0) is 11.4. The minimum Gasteiger partial charge on any atom is -0.360 e. The van der Waals surface area contributed by atoms with Gasteiger partial charge in [-0.15, -0.1) is 0 Å². The van der Waals surface area contributed by atoms with E-state index in [0.717, 1.165) is 5.69 Å². The summed E-state index contributed by atoms with van der Waals surface area (Å²) >= 11 is 0. The average Bonchev–Trinajstić information content (AvgIpc) is 2.78. The number of nitrogens with zero attached hydrogens (tertiary/aromatic N) is 4. The molecule has 6 heteroatoms. The number of rotatable bonds is 3. The Hall–Kier alpha value is -2.42. The minimum atomic E-state index is 0.340. The fourth-order valence-electron chi connectivity index (χ4n) is 1.20. The highest BCUT2D eigenvalue weighted by molar-refractivity contribution is 5.33. The van der Waals surface area contributed by atoms with Crippen molar-refractivity contribution in [1.29, 1.82) is 5.26 Å². The molecule has 2 aromatic rings. The molecular weight excluding hydrogens is 206 g/mol. The Morgan fingerprint density at radius 3 is 3.06 bits per heavy atom. The van der Waals surface area contributed by atoms with Gasteiger partial charge in [-0.1, -0.05) is 5.16 Å². The molecule has 0 aliphatic rings. The van der Waals surface area contributed by atoms with E-state index in [0.29, 0.717) is 23.9 Å². The van der Waals surface area contributed by atoms with Crippen molar-refractivity contribution < 1.29 is 4.52 Å². The zero-order valence-electron chi connectivity index (χ0n) is 8.64. The molecule has 0 spiro atoms. The minimum absolute atomic E-state index is 0.340. The van der Waals surface area contributed by atoms with Crippen LogP contribution in [0.2, 0.25) is 0 Å². The van der Waals surface area contributed by atoms with Gasteiger partial charge in [-0.25, -0.2) is 9.97 Å². The van der Waals surface area contributed by atoms with Gasteiger partial charge in [0.05, 0.1) is 12.7 Å². The third kappa shape index (κ3) is 2.33. The van der Waals surface area contributed by atoms with Gasteiger partial charge in [-0.2, -0.15) is 5.26 Å². The molecule has 0 saturated carbocycles. The molecule has 0 aromatic carbocycles. The van der Waals surface area contributed by atoms with Crippen molar-refractivity contribution in [3.05, 3.63) is 35.5 Å². The van der Waals surface area contributed by atoms with Crippen molar-refractivity contribution >= 4 is 5.95 Å². The number of aromatic nitrogens is 3. The lowest BCUT2D eigenvalue weighted by Crippen LogP contribution is -2.04. The number of nitriles is 1. The van der Waals surface area contributed by atoms with E-state index in [1.807, 2.05) is 13.0 Å². The molecule has 1 N–H and O–H groups in total. The van der Waals surface area contributed by atoms with Crippen LogP contribution in [0.4, 0.5) is 5.95 Å². The lowest BCUT2D eigenvalue weighted by molar-refractivity contribution is 0.388. The van der Waals surface area contributed by atoms with Crippen molar-refractivity contribution in [3.63, 3.8) is 0 Å². The zero-order valence-corrected chi connectivity index (χ0v) is 8.64. The van der Waals surface area contributed by atoms with Crippen LogP contribution >= 0.6 is 0 Å². The van der Waals surface area contributed by atoms with Gasteiger partial charge in [0.25, 0.3) is 0 Å². The van der Waals surface area contributed by atoms with Gasteiger partial charge in [0.2, 0.25) is 5.95 Å². The molecule has 0 aliphatic carbocycles. The number of hydrogen-bond acceptors (Lipinski definition) is 6. The van der Waals surface area contributed by atoms with E-state index in [2.05, 4.69) is 20.4 Å². The summed E-state index contributed by atoms with van der Waals surface area (Å²) < 4.78 is 4.91. The first-order chi connectivity index (χ1) is 7.78. The Bertz CT molecular complexity index is 515. The van der Waals surface area contributed by atoms with Crippen LogP contribution in [0.5, 0.6) is 0 Å². The topological polar surface area (TPSA) is 87.6 Å². The van der Waals surface area contributed by atoms with E-state index in [1.54, 1.807) is 18.3 Å². The Balaban J connectivity index is 2.10. The third-order valence-corrected chi connectivity index (χ3v) is 1.88. The van der Waals surface area contributed by atoms with E-state index in [-0.39, 0.29) is 0 Å². The van der Waals surface area contributed by atoms with Crippen molar-refractivity contribution in [3.8, 4) is 6.07 Å². The van der Waals surface area contributed by atoms with Crippen LogP contribution in [0.25, 0.3) is 0 Å². The number of nitrogens with one attached hydrogen (secondary N) is 1. The lowest BCUT2D eigenvalue weighted by atomic mass is 10.3. The average molecular weight is 215 g/mol. The van der Waals surface area contributed by atoms with Crippen LogP contribution < -0.4 is 5.32 Å². The first kappa shape index (κ1) is 10.1. The SMILES string of the molecule is Cc1cc(C#N)nc(NCc2ccno2)n1. The maximum Gasteiger partial charge on any atom is 0.224 e. The number of hydrogen-bond donors (Lipinski definition) is 1. The molecular formula is C10H9N5O. The normalized spacial score (nSPS) is 9.75. The maximum absolute atomic E-state index is 8.74. The molecule has 0 bridgehead atoms. The van der Waals surface area contributed by atoms with Gasteiger partial charge < -0.3 is 9.84 Å². The van der Waals surface area contributed by atoms with E-state index >= 15 is 0 Å². The van der Waals surface area contributed by atoms with Crippen LogP contribution in [0.15, 0.2) is 22.9 Å². The molecule has 2 heterocycles. The molecule has 0 atom stereocenters. The van der Waals surface area contributed by atoms with Crippen molar-refractivity contribution in [2.45, 2.75) is 13.5 Å². The fraction of sp³-hybridized carbons (Fsp3) is 0.200. The molecule has 6 nitrogen and oxygen atoms in total. The molecule has 16 heavy (non-hydrogen) atoms. The summed E-state index contributed by atoms with van der Waals surface area (Å²) in [5.41, 5.74) is 1.08. The van der Waals surface area contributed by atoms with E-state index in [9.17, 15) is 0 Å². The summed E-state index contributed by atoms with van der Waals surface area (Å²) in [7, 11) is 0. The standard InChI is InChI=1S/C10H9N5O/c1-7-4-8(5-11)15-10(14-7)12-6-9-2-3-13-16-9/h2-4H,6H2,1H3,(H,12,14,15). The maximum atomic E-state index is 8.74. The number of anilines is 1. The van der Waals surface area contributed by atoms with Gasteiger partial charge in [-0.3, -0.25) is 0 Å². The van der Waals surface area contributed by atoms with Crippen molar-refractivity contribution in [2.75, 3.05) is 5.32 Å². The summed E-state index contributed by atoms with van der Waals surface area (Å²) in [6, 6.07) is 5.34. The van der Waals surface area contributed by atoms with Gasteiger partial charge in [-0.05, 0) is 13.0 Å². The second-order valence-electron chi connectivity index (χ2n) is 3.16. The van der Waals surface area contributed by atoms with E-state index in [1.165, 1.54) is 0 Å². The molecule has 0 aliphatic heterocycles. The van der Waals surface area contributed by atoms with E-state index in [4.69, 9.17) is 9.78 Å². The largest absolute Gasteiger partial charge is 0.360 e. The molecule has 80 valence electrons. The van der Waals surface area contributed by atoms with Gasteiger partial charge in [0.15, 0.2) is 5.76 Å². The first-order valence-corrected chi connectivity index (χ1v) is 4.67. The van der Waals surface area contributed by atoms with Crippen LogP contribution in [0.1, 0.15) is 17.1 Å². The summed E-state index contributed by atoms with van der Waals surface area (Å²) in [6.07, 6.45) is 1.56. The Labute approximate surface area is 91.9 Å². The van der Waals surface area contributed by atoms with Crippen LogP contribution in [0, 0.1) is 18.3 Å². The molecule has 0 saturated heterocycles. The van der Waals surface area contributed by atoms with Gasteiger partial charge in [0.1, 0.15) is 11.8 Å². The molecule has 0 radical (unpaired) electrons. The number of aryl methyl sites for hydroxylation is 1. The molecule has 2 aromatic heterocycles. The monoisotopic (exact) mass is 215 g/mol. The smallest absolute Gasteiger partial charge is 0.224 e. The van der Waals surface area contributed by atoms with E-state index < -0.39 is 0 Å². The first-order valence-electron chi connectivity index (χ1n) is 4.67. The molecule has 0 amide bonds. The fourth-order valence-corrected chi connectivity index (χ4v) is 1.20. The van der Waals surface area contributed by atoms with Crippen LogP contribution in [-0.4, -0.2) is 15.1 Å². The Morgan fingerprint density at radius 2 is 2.38 bits per heavy atom. The molecule has 2 rings (SSSR count). The van der Waals surface area contributed by atoms with Crippen molar-refractivity contribution in [1.82, 2.24) is 15.1 Å². The van der Waals surface area contributed by atoms with Gasteiger partial charge in [0, 0.05) is 11.8 Å². The predicted octanol–water partition coefficient (Wildman–Crippen LogP) is 1.26. The molecule has 0 fully saturated rings. The second-order valence-corrected chi connectivity index (χ2v) is 3.16. The van der Waals surface area contributed by atoms with Crippen LogP contribution in [0.3, 0.4) is 0 Å².